The van der Waals surface area contributed by atoms with Gasteiger partial charge in [-0.15, -0.1) is 0 Å². The molecule has 1 fully saturated rings. The summed E-state index contributed by atoms with van der Waals surface area (Å²) >= 11 is 1.84. The Labute approximate surface area is 127 Å². The maximum absolute atomic E-state index is 11.2. The lowest BCUT2D eigenvalue weighted by Crippen LogP contribution is -2.29. The van der Waals surface area contributed by atoms with E-state index in [0.717, 1.165) is 19.3 Å². The average molecular weight is 312 g/mol. The molecule has 21 heavy (non-hydrogen) atoms. The molecule has 2 unspecified atom stereocenters. The number of hydrogen-bond acceptors (Lipinski definition) is 8. The van der Waals surface area contributed by atoms with Crippen LogP contribution in [0.3, 0.4) is 0 Å². The highest BCUT2D eigenvalue weighted by Crippen LogP contribution is 2.32. The maximum Gasteiger partial charge on any atom is 0.332 e. The molecule has 2 rings (SSSR count). The van der Waals surface area contributed by atoms with Gasteiger partial charge in [0.1, 0.15) is 5.69 Å². The molecule has 116 valence electrons. The highest BCUT2D eigenvalue weighted by atomic mass is 32.2. The van der Waals surface area contributed by atoms with Gasteiger partial charge in [0, 0.05) is 11.3 Å². The minimum absolute atomic E-state index is 0.0831. The van der Waals surface area contributed by atoms with Crippen molar-refractivity contribution in [2.45, 2.75) is 43.9 Å². The average Bonchev–Trinajstić information content (AvgIpc) is 2.46. The molecule has 4 N–H and O–H groups in total. The van der Waals surface area contributed by atoms with Gasteiger partial charge in [0.2, 0.25) is 11.8 Å². The quantitative estimate of drug-likeness (QED) is 0.429. The second-order valence-corrected chi connectivity index (χ2v) is 6.23. The van der Waals surface area contributed by atoms with Crippen LogP contribution < -0.4 is 16.6 Å². The van der Waals surface area contributed by atoms with Crippen molar-refractivity contribution in [1.29, 1.82) is 0 Å². The number of nitrogens with two attached hydrogens (primary N) is 1. The van der Waals surface area contributed by atoms with Gasteiger partial charge in [-0.05, 0) is 32.4 Å². The zero-order chi connectivity index (χ0) is 15.4. The molecule has 0 aromatic carbocycles. The van der Waals surface area contributed by atoms with Crippen LogP contribution in [0.5, 0.6) is 0 Å². The summed E-state index contributed by atoms with van der Waals surface area (Å²) in [7, 11) is 0. The third-order valence-electron chi connectivity index (χ3n) is 3.67. The first-order valence-electron chi connectivity index (χ1n) is 6.84. The minimum atomic E-state index is -0.452. The van der Waals surface area contributed by atoms with E-state index in [-0.39, 0.29) is 23.5 Å². The lowest BCUT2D eigenvalue weighted by atomic mass is 9.95. The molecule has 8 nitrogen and oxygen atoms in total. The third kappa shape index (κ3) is 3.73. The molecule has 2 atom stereocenters. The Hall–Kier alpha value is -1.61. The Morgan fingerprint density at radius 3 is 2.81 bits per heavy atom. The number of aromatic nitrogens is 2. The molecule has 0 bridgehead atoms. The van der Waals surface area contributed by atoms with Crippen LogP contribution in [0, 0.1) is 17.0 Å². The van der Waals surface area contributed by atoms with E-state index < -0.39 is 4.92 Å². The van der Waals surface area contributed by atoms with Gasteiger partial charge in [0.05, 0.1) is 4.92 Å². The number of hydrazine groups is 1. The van der Waals surface area contributed by atoms with Gasteiger partial charge in [-0.3, -0.25) is 15.5 Å². The minimum Gasteiger partial charge on any atom is -0.361 e. The highest BCUT2D eigenvalue weighted by Gasteiger charge is 2.27. The molecular formula is C12H20N6O2S. The Morgan fingerprint density at radius 1 is 1.43 bits per heavy atom. The molecule has 1 saturated carbocycles. The van der Waals surface area contributed by atoms with Gasteiger partial charge in [-0.1, -0.05) is 6.42 Å². The van der Waals surface area contributed by atoms with Gasteiger partial charge >= 0.3 is 5.69 Å². The lowest BCUT2D eigenvalue weighted by molar-refractivity contribution is -0.385. The second kappa shape index (κ2) is 6.90. The van der Waals surface area contributed by atoms with E-state index >= 15 is 0 Å². The molecule has 1 heterocycles. The number of nitrogens with zero attached hydrogens (tertiary/aromatic N) is 3. The SMILES string of the molecule is CSC1CCCC(Nc2nc(NN)nc(C)c2[N+](=O)[O-])C1. The number of nitrogen functional groups attached to an aromatic ring is 1. The first kappa shape index (κ1) is 15.8. The van der Waals surface area contributed by atoms with E-state index in [9.17, 15) is 10.1 Å². The first-order valence-corrected chi connectivity index (χ1v) is 8.13. The molecule has 1 aromatic heterocycles. The number of nitrogens with one attached hydrogen (secondary N) is 2. The molecule has 9 heteroatoms. The number of aryl methyl sites for hydroxylation is 1. The van der Waals surface area contributed by atoms with Crippen LogP contribution in [0.1, 0.15) is 31.4 Å². The maximum atomic E-state index is 11.2. The normalized spacial score (nSPS) is 21.9. The Kier molecular flexibility index (Phi) is 5.18. The van der Waals surface area contributed by atoms with Gasteiger partial charge in [-0.25, -0.2) is 10.8 Å². The third-order valence-corrected chi connectivity index (χ3v) is 4.77. The van der Waals surface area contributed by atoms with Crippen LogP contribution in [0.15, 0.2) is 0 Å². The van der Waals surface area contributed by atoms with Crippen LogP contribution in [0.2, 0.25) is 0 Å². The fourth-order valence-corrected chi connectivity index (χ4v) is 3.46. The molecule has 0 spiro atoms. The van der Waals surface area contributed by atoms with Crippen molar-refractivity contribution in [2.75, 3.05) is 17.0 Å². The number of anilines is 2. The molecule has 1 aliphatic carbocycles. The summed E-state index contributed by atoms with van der Waals surface area (Å²) in [5.41, 5.74) is 2.55. The van der Waals surface area contributed by atoms with Crippen molar-refractivity contribution < 1.29 is 4.92 Å². The lowest BCUT2D eigenvalue weighted by Gasteiger charge is -2.29. The Balaban J connectivity index is 2.25. The van der Waals surface area contributed by atoms with Crippen molar-refractivity contribution in [1.82, 2.24) is 9.97 Å². The standard InChI is InChI=1S/C12H20N6O2S/c1-7-10(18(19)20)11(16-12(14-7)17-13)15-8-4-3-5-9(6-8)21-2/h8-9H,3-6,13H2,1-2H3,(H2,14,15,16,17). The number of nitro groups is 1. The van der Waals surface area contributed by atoms with Crippen LogP contribution in [-0.4, -0.2) is 32.4 Å². The molecular weight excluding hydrogens is 292 g/mol. The summed E-state index contributed by atoms with van der Waals surface area (Å²) < 4.78 is 0. The molecule has 0 aliphatic heterocycles. The van der Waals surface area contributed by atoms with Gasteiger partial charge in [0.15, 0.2) is 0 Å². The smallest absolute Gasteiger partial charge is 0.332 e. The van der Waals surface area contributed by atoms with Crippen LogP contribution in [-0.2, 0) is 0 Å². The number of rotatable bonds is 5. The predicted octanol–water partition coefficient (Wildman–Crippen LogP) is 2.06. The first-order chi connectivity index (χ1) is 10.0. The zero-order valence-corrected chi connectivity index (χ0v) is 12.9. The fourth-order valence-electron chi connectivity index (χ4n) is 2.63. The van der Waals surface area contributed by atoms with E-state index in [2.05, 4.69) is 27.0 Å². The van der Waals surface area contributed by atoms with E-state index in [4.69, 9.17) is 5.84 Å². The van der Waals surface area contributed by atoms with Crippen molar-refractivity contribution in [3.8, 4) is 0 Å². The zero-order valence-electron chi connectivity index (χ0n) is 12.1. The van der Waals surface area contributed by atoms with Crippen molar-refractivity contribution in [3.05, 3.63) is 15.8 Å². The van der Waals surface area contributed by atoms with E-state index in [1.807, 2.05) is 11.8 Å². The van der Waals surface area contributed by atoms with Crippen LogP contribution in [0.4, 0.5) is 17.5 Å². The molecule has 0 amide bonds. The summed E-state index contributed by atoms with van der Waals surface area (Å²) in [6, 6.07) is 0.190. The second-order valence-electron chi connectivity index (χ2n) is 5.10. The summed E-state index contributed by atoms with van der Waals surface area (Å²) in [6.45, 7) is 1.58. The Morgan fingerprint density at radius 2 is 2.19 bits per heavy atom. The number of hydrogen-bond donors (Lipinski definition) is 3. The summed E-state index contributed by atoms with van der Waals surface area (Å²) in [6.07, 6.45) is 6.37. The van der Waals surface area contributed by atoms with Crippen molar-refractivity contribution in [3.63, 3.8) is 0 Å². The molecule has 1 aromatic rings. The number of thioether (sulfide) groups is 1. The van der Waals surface area contributed by atoms with E-state index in [0.29, 0.717) is 10.9 Å². The monoisotopic (exact) mass is 312 g/mol. The van der Waals surface area contributed by atoms with Crippen LogP contribution >= 0.6 is 11.8 Å². The van der Waals surface area contributed by atoms with E-state index in [1.165, 1.54) is 6.42 Å². The predicted molar refractivity (Wildman–Crippen MR) is 84.4 cm³/mol. The van der Waals surface area contributed by atoms with E-state index in [1.54, 1.807) is 6.92 Å². The highest BCUT2D eigenvalue weighted by molar-refractivity contribution is 7.99. The summed E-state index contributed by atoms with van der Waals surface area (Å²) in [4.78, 5) is 18.9. The van der Waals surface area contributed by atoms with Crippen LogP contribution in [0.25, 0.3) is 0 Å². The fraction of sp³-hybridized carbons (Fsp3) is 0.667. The Bertz CT molecular complexity index is 527. The van der Waals surface area contributed by atoms with Crippen molar-refractivity contribution >= 4 is 29.2 Å². The summed E-state index contributed by atoms with van der Waals surface area (Å²) in [5.74, 6) is 5.74. The summed E-state index contributed by atoms with van der Waals surface area (Å²) in [5, 5.41) is 15.0. The molecule has 0 radical (unpaired) electrons. The molecule has 0 saturated heterocycles. The van der Waals surface area contributed by atoms with Gasteiger partial charge in [0.25, 0.3) is 0 Å². The molecule has 1 aliphatic rings. The topological polar surface area (TPSA) is 119 Å². The largest absolute Gasteiger partial charge is 0.361 e. The van der Waals surface area contributed by atoms with Gasteiger partial charge in [-0.2, -0.15) is 16.7 Å². The van der Waals surface area contributed by atoms with Crippen molar-refractivity contribution in [2.24, 2.45) is 5.84 Å². The van der Waals surface area contributed by atoms with Gasteiger partial charge < -0.3 is 5.32 Å².